The molecule has 154 valence electrons. The Hall–Kier alpha value is -2.87. The lowest BCUT2D eigenvalue weighted by Crippen LogP contribution is -2.47. The molecule has 1 unspecified atom stereocenters. The van der Waals surface area contributed by atoms with Crippen molar-refractivity contribution < 1.29 is 14.3 Å². The zero-order valence-corrected chi connectivity index (χ0v) is 16.7. The first kappa shape index (κ1) is 19.4. The van der Waals surface area contributed by atoms with Crippen molar-refractivity contribution in [2.75, 3.05) is 56.2 Å². The molecule has 1 atom stereocenters. The molecule has 29 heavy (non-hydrogen) atoms. The Labute approximate surface area is 170 Å². The second-order valence-corrected chi connectivity index (χ2v) is 7.29. The monoisotopic (exact) mass is 397 g/mol. The first-order valence-electron chi connectivity index (χ1n) is 10.1. The Kier molecular flexibility index (Phi) is 6.09. The van der Waals surface area contributed by atoms with E-state index in [9.17, 15) is 4.79 Å². The number of nitrogens with one attached hydrogen (secondary N) is 1. The lowest BCUT2D eigenvalue weighted by atomic mass is 10.2. The van der Waals surface area contributed by atoms with Gasteiger partial charge in [0.1, 0.15) is 5.75 Å². The van der Waals surface area contributed by atoms with Crippen LogP contribution in [0.2, 0.25) is 0 Å². The number of nitrogens with zero attached hydrogens (tertiary/aromatic N) is 4. The van der Waals surface area contributed by atoms with Crippen LogP contribution < -0.4 is 19.9 Å². The molecule has 8 nitrogen and oxygen atoms in total. The van der Waals surface area contributed by atoms with Gasteiger partial charge in [-0.25, -0.2) is 9.97 Å². The van der Waals surface area contributed by atoms with Gasteiger partial charge in [-0.15, -0.1) is 0 Å². The van der Waals surface area contributed by atoms with Gasteiger partial charge in [-0.1, -0.05) is 0 Å². The number of amides is 1. The molecule has 0 spiro atoms. The van der Waals surface area contributed by atoms with E-state index in [2.05, 4.69) is 37.2 Å². The average molecular weight is 397 g/mol. The van der Waals surface area contributed by atoms with Crippen LogP contribution in [0.25, 0.3) is 0 Å². The molecule has 1 aromatic heterocycles. The molecule has 1 N–H and O–H groups in total. The normalized spacial score (nSPS) is 19.3. The molecule has 8 heteroatoms. The van der Waals surface area contributed by atoms with Gasteiger partial charge in [-0.2, -0.15) is 0 Å². The summed E-state index contributed by atoms with van der Waals surface area (Å²) in [5, 5.41) is 2.90. The lowest BCUT2D eigenvalue weighted by molar-refractivity contribution is 0.0857. The highest BCUT2D eigenvalue weighted by atomic mass is 16.5. The fraction of sp³-hybridized carbons (Fsp3) is 0.476. The van der Waals surface area contributed by atoms with Crippen LogP contribution >= 0.6 is 0 Å². The summed E-state index contributed by atoms with van der Waals surface area (Å²) in [6.07, 6.45) is 5.38. The quantitative estimate of drug-likeness (QED) is 0.795. The number of rotatable bonds is 6. The van der Waals surface area contributed by atoms with Gasteiger partial charge in [-0.3, -0.25) is 4.79 Å². The molecule has 1 amide bonds. The van der Waals surface area contributed by atoms with Crippen molar-refractivity contribution in [2.24, 2.45) is 0 Å². The van der Waals surface area contributed by atoms with Crippen molar-refractivity contribution in [1.82, 2.24) is 15.3 Å². The zero-order valence-electron chi connectivity index (χ0n) is 16.7. The van der Waals surface area contributed by atoms with E-state index in [1.165, 1.54) is 5.69 Å². The van der Waals surface area contributed by atoms with Crippen LogP contribution in [-0.2, 0) is 4.74 Å². The number of hydrogen-bond donors (Lipinski definition) is 1. The van der Waals surface area contributed by atoms with Crippen molar-refractivity contribution in [1.29, 1.82) is 0 Å². The number of benzene rings is 1. The number of anilines is 2. The molecule has 2 aromatic rings. The second-order valence-electron chi connectivity index (χ2n) is 7.29. The number of carbonyl (C=O) groups is 1. The predicted molar refractivity (Wildman–Crippen MR) is 111 cm³/mol. The first-order valence-corrected chi connectivity index (χ1v) is 10.1. The topological polar surface area (TPSA) is 79.8 Å². The molecule has 0 aliphatic carbocycles. The minimum Gasteiger partial charge on any atom is -0.497 e. The van der Waals surface area contributed by atoms with Gasteiger partial charge in [-0.05, 0) is 37.1 Å². The van der Waals surface area contributed by atoms with E-state index in [1.807, 2.05) is 12.1 Å². The number of piperazine rings is 1. The van der Waals surface area contributed by atoms with Crippen molar-refractivity contribution in [3.05, 3.63) is 42.2 Å². The van der Waals surface area contributed by atoms with Gasteiger partial charge in [0, 0.05) is 57.4 Å². The summed E-state index contributed by atoms with van der Waals surface area (Å²) >= 11 is 0. The third-order valence-electron chi connectivity index (χ3n) is 5.41. The SMILES string of the molecule is COc1ccc(N2CCN(c3ncc(C(=O)NCC4CCCO4)cn3)CC2)cc1. The van der Waals surface area contributed by atoms with E-state index in [0.717, 1.165) is 51.4 Å². The first-order chi connectivity index (χ1) is 14.2. The fourth-order valence-electron chi connectivity index (χ4n) is 3.67. The highest BCUT2D eigenvalue weighted by Gasteiger charge is 2.20. The lowest BCUT2D eigenvalue weighted by Gasteiger charge is -2.36. The molecule has 2 aliphatic rings. The number of ether oxygens (including phenoxy) is 2. The van der Waals surface area contributed by atoms with Crippen LogP contribution in [0.4, 0.5) is 11.6 Å². The molecule has 0 radical (unpaired) electrons. The predicted octanol–water partition coefficient (Wildman–Crippen LogP) is 1.72. The number of methoxy groups -OCH3 is 1. The number of hydrogen-bond acceptors (Lipinski definition) is 7. The van der Waals surface area contributed by atoms with Crippen LogP contribution in [0.1, 0.15) is 23.2 Å². The number of aromatic nitrogens is 2. The van der Waals surface area contributed by atoms with E-state index >= 15 is 0 Å². The largest absolute Gasteiger partial charge is 0.497 e. The van der Waals surface area contributed by atoms with E-state index in [1.54, 1.807) is 19.5 Å². The Morgan fingerprint density at radius 3 is 2.45 bits per heavy atom. The molecule has 3 heterocycles. The van der Waals surface area contributed by atoms with Crippen molar-refractivity contribution in [3.8, 4) is 5.75 Å². The smallest absolute Gasteiger partial charge is 0.254 e. The summed E-state index contributed by atoms with van der Waals surface area (Å²) in [5.41, 5.74) is 1.66. The Morgan fingerprint density at radius 1 is 1.14 bits per heavy atom. The fourth-order valence-corrected chi connectivity index (χ4v) is 3.67. The van der Waals surface area contributed by atoms with Gasteiger partial charge in [0.15, 0.2) is 0 Å². The van der Waals surface area contributed by atoms with Crippen LogP contribution in [0.15, 0.2) is 36.7 Å². The summed E-state index contributed by atoms with van der Waals surface area (Å²) in [6, 6.07) is 8.12. The van der Waals surface area contributed by atoms with Gasteiger partial charge in [0.05, 0.1) is 18.8 Å². The van der Waals surface area contributed by atoms with Gasteiger partial charge < -0.3 is 24.6 Å². The van der Waals surface area contributed by atoms with Crippen molar-refractivity contribution in [2.45, 2.75) is 18.9 Å². The molecule has 0 saturated carbocycles. The minimum atomic E-state index is -0.156. The highest BCUT2D eigenvalue weighted by Crippen LogP contribution is 2.21. The number of carbonyl (C=O) groups excluding carboxylic acids is 1. The van der Waals surface area contributed by atoms with Gasteiger partial charge in [0.25, 0.3) is 5.91 Å². The highest BCUT2D eigenvalue weighted by molar-refractivity contribution is 5.93. The summed E-state index contributed by atoms with van der Waals surface area (Å²) in [6.45, 7) is 4.75. The molecule has 2 fully saturated rings. The van der Waals surface area contributed by atoms with Crippen molar-refractivity contribution in [3.63, 3.8) is 0 Å². The summed E-state index contributed by atoms with van der Waals surface area (Å²) in [7, 11) is 1.67. The molecule has 0 bridgehead atoms. The zero-order chi connectivity index (χ0) is 20.1. The summed E-state index contributed by atoms with van der Waals surface area (Å²) < 4.78 is 10.7. The standard InChI is InChI=1S/C21H27N5O3/c1-28-18-6-4-17(5-7-18)25-8-10-26(11-9-25)21-23-13-16(14-24-21)20(27)22-15-19-3-2-12-29-19/h4-7,13-14,19H,2-3,8-12,15H2,1H3,(H,22,27). The van der Waals surface area contributed by atoms with Crippen LogP contribution in [0.5, 0.6) is 5.75 Å². The van der Waals surface area contributed by atoms with Crippen LogP contribution in [0.3, 0.4) is 0 Å². The average Bonchev–Trinajstić information content (AvgIpc) is 3.31. The van der Waals surface area contributed by atoms with E-state index in [0.29, 0.717) is 18.1 Å². The Balaban J connectivity index is 1.28. The summed E-state index contributed by atoms with van der Waals surface area (Å²) in [4.78, 5) is 25.6. The third-order valence-corrected chi connectivity index (χ3v) is 5.41. The second kappa shape index (κ2) is 9.09. The molecule has 2 aliphatic heterocycles. The maximum Gasteiger partial charge on any atom is 0.254 e. The maximum atomic E-state index is 12.3. The van der Waals surface area contributed by atoms with Gasteiger partial charge >= 0.3 is 0 Å². The molecule has 4 rings (SSSR count). The minimum absolute atomic E-state index is 0.126. The maximum absolute atomic E-state index is 12.3. The van der Waals surface area contributed by atoms with Crippen LogP contribution in [-0.4, -0.2) is 68.4 Å². The molecule has 1 aromatic carbocycles. The Bertz CT molecular complexity index is 798. The van der Waals surface area contributed by atoms with Gasteiger partial charge in [0.2, 0.25) is 5.95 Å². The molecule has 2 saturated heterocycles. The van der Waals surface area contributed by atoms with E-state index < -0.39 is 0 Å². The van der Waals surface area contributed by atoms with Crippen molar-refractivity contribution >= 4 is 17.5 Å². The molecular weight excluding hydrogens is 370 g/mol. The van der Waals surface area contributed by atoms with E-state index in [4.69, 9.17) is 9.47 Å². The van der Waals surface area contributed by atoms with Crippen LogP contribution in [0, 0.1) is 0 Å². The van der Waals surface area contributed by atoms with E-state index in [-0.39, 0.29) is 12.0 Å². The molecular formula is C21H27N5O3. The summed E-state index contributed by atoms with van der Waals surface area (Å²) in [5.74, 6) is 1.37. The Morgan fingerprint density at radius 2 is 1.83 bits per heavy atom. The third kappa shape index (κ3) is 4.76.